The average molecular weight is 143 g/mol. The molecule has 1 heterocycles. The molecule has 0 aromatic carbocycles. The zero-order chi connectivity index (χ0) is 7.45. The van der Waals surface area contributed by atoms with Gasteiger partial charge in [0, 0.05) is 18.6 Å². The van der Waals surface area contributed by atoms with E-state index < -0.39 is 0 Å². The summed E-state index contributed by atoms with van der Waals surface area (Å²) >= 11 is 0. The maximum absolute atomic E-state index is 5.67. The van der Waals surface area contributed by atoms with Gasteiger partial charge < -0.3 is 10.5 Å². The molecule has 0 amide bonds. The van der Waals surface area contributed by atoms with Gasteiger partial charge in [-0.25, -0.2) is 0 Å². The number of hydrogen-bond acceptors (Lipinski definition) is 2. The van der Waals surface area contributed by atoms with Gasteiger partial charge in [0.05, 0.1) is 6.61 Å². The highest BCUT2D eigenvalue weighted by Gasteiger charge is 2.28. The van der Waals surface area contributed by atoms with Crippen molar-refractivity contribution in [2.75, 3.05) is 19.8 Å². The monoisotopic (exact) mass is 143 g/mol. The van der Waals surface area contributed by atoms with Crippen LogP contribution in [0.4, 0.5) is 0 Å². The normalized spacial score (nSPS) is 34.2. The third-order valence-electron chi connectivity index (χ3n) is 2.59. The van der Waals surface area contributed by atoms with Crippen molar-refractivity contribution >= 4 is 0 Å². The molecule has 1 aliphatic rings. The van der Waals surface area contributed by atoms with Gasteiger partial charge in [-0.3, -0.25) is 0 Å². The number of rotatable bonds is 2. The summed E-state index contributed by atoms with van der Waals surface area (Å²) in [6, 6.07) is 0. The predicted octanol–water partition coefficient (Wildman–Crippen LogP) is 1.15. The molecule has 0 saturated carbocycles. The van der Waals surface area contributed by atoms with E-state index in [0.717, 1.165) is 26.2 Å². The lowest BCUT2D eigenvalue weighted by Gasteiger charge is -2.34. The summed E-state index contributed by atoms with van der Waals surface area (Å²) < 4.78 is 5.39. The van der Waals surface area contributed by atoms with E-state index in [1.165, 1.54) is 12.8 Å². The molecule has 1 aliphatic heterocycles. The van der Waals surface area contributed by atoms with Gasteiger partial charge in [0.2, 0.25) is 0 Å². The summed E-state index contributed by atoms with van der Waals surface area (Å²) in [7, 11) is 0. The largest absolute Gasteiger partial charge is 0.381 e. The second kappa shape index (κ2) is 3.35. The second-order valence-electron chi connectivity index (χ2n) is 3.21. The third kappa shape index (κ3) is 1.50. The summed E-state index contributed by atoms with van der Waals surface area (Å²) in [6.07, 6.45) is 3.59. The van der Waals surface area contributed by atoms with Crippen LogP contribution in [0.5, 0.6) is 0 Å². The smallest absolute Gasteiger partial charge is 0.0534 e. The topological polar surface area (TPSA) is 35.2 Å². The lowest BCUT2D eigenvalue weighted by Crippen LogP contribution is -2.38. The second-order valence-corrected chi connectivity index (χ2v) is 3.21. The minimum atomic E-state index is 0.318. The van der Waals surface area contributed by atoms with Crippen molar-refractivity contribution in [2.45, 2.75) is 26.2 Å². The average Bonchev–Trinajstić information content (AvgIpc) is 2.06. The van der Waals surface area contributed by atoms with Gasteiger partial charge in [0.15, 0.2) is 0 Å². The molecular weight excluding hydrogens is 126 g/mol. The molecule has 1 rings (SSSR count). The fourth-order valence-corrected chi connectivity index (χ4v) is 1.49. The molecule has 0 bridgehead atoms. The first-order valence-corrected chi connectivity index (χ1v) is 4.11. The Balaban J connectivity index is 2.44. The third-order valence-corrected chi connectivity index (χ3v) is 2.59. The van der Waals surface area contributed by atoms with Crippen LogP contribution in [0, 0.1) is 5.41 Å². The zero-order valence-electron chi connectivity index (χ0n) is 6.73. The minimum absolute atomic E-state index is 0.318. The van der Waals surface area contributed by atoms with Crippen molar-refractivity contribution in [3.05, 3.63) is 0 Å². The van der Waals surface area contributed by atoms with E-state index in [2.05, 4.69) is 6.92 Å². The molecule has 2 heteroatoms. The molecule has 0 radical (unpaired) electrons. The number of ether oxygens (including phenoxy) is 1. The summed E-state index contributed by atoms with van der Waals surface area (Å²) in [5, 5.41) is 0. The van der Waals surface area contributed by atoms with Crippen LogP contribution in [-0.2, 0) is 4.74 Å². The fraction of sp³-hybridized carbons (Fsp3) is 1.00. The van der Waals surface area contributed by atoms with Crippen molar-refractivity contribution in [2.24, 2.45) is 11.1 Å². The predicted molar refractivity (Wildman–Crippen MR) is 41.8 cm³/mol. The van der Waals surface area contributed by atoms with Crippen LogP contribution in [0.2, 0.25) is 0 Å². The van der Waals surface area contributed by atoms with E-state index in [0.29, 0.717) is 5.41 Å². The number of hydrogen-bond donors (Lipinski definition) is 1. The van der Waals surface area contributed by atoms with Crippen molar-refractivity contribution in [1.29, 1.82) is 0 Å². The number of nitrogens with two attached hydrogens (primary N) is 1. The molecule has 60 valence electrons. The van der Waals surface area contributed by atoms with Gasteiger partial charge in [0.25, 0.3) is 0 Å². The van der Waals surface area contributed by atoms with E-state index in [1.54, 1.807) is 0 Å². The summed E-state index contributed by atoms with van der Waals surface area (Å²) in [5.74, 6) is 0. The van der Waals surface area contributed by atoms with Crippen molar-refractivity contribution < 1.29 is 4.74 Å². The minimum Gasteiger partial charge on any atom is -0.381 e. The summed E-state index contributed by atoms with van der Waals surface area (Å²) in [6.45, 7) is 4.78. The lowest BCUT2D eigenvalue weighted by molar-refractivity contribution is -0.00482. The Morgan fingerprint density at radius 2 is 2.40 bits per heavy atom. The lowest BCUT2D eigenvalue weighted by atomic mass is 9.80. The summed E-state index contributed by atoms with van der Waals surface area (Å²) in [4.78, 5) is 0. The maximum atomic E-state index is 5.67. The zero-order valence-corrected chi connectivity index (χ0v) is 6.73. The van der Waals surface area contributed by atoms with Gasteiger partial charge in [0.1, 0.15) is 0 Å². The first-order valence-electron chi connectivity index (χ1n) is 4.11. The van der Waals surface area contributed by atoms with E-state index in [9.17, 15) is 0 Å². The highest BCUT2D eigenvalue weighted by molar-refractivity contribution is 4.80. The van der Waals surface area contributed by atoms with Gasteiger partial charge in [-0.1, -0.05) is 6.92 Å². The van der Waals surface area contributed by atoms with Gasteiger partial charge >= 0.3 is 0 Å². The van der Waals surface area contributed by atoms with Gasteiger partial charge in [-0.2, -0.15) is 0 Å². The Morgan fingerprint density at radius 3 is 2.70 bits per heavy atom. The van der Waals surface area contributed by atoms with Crippen molar-refractivity contribution in [3.8, 4) is 0 Å². The molecule has 0 spiro atoms. The Hall–Kier alpha value is -0.0800. The van der Waals surface area contributed by atoms with E-state index >= 15 is 0 Å². The molecule has 1 unspecified atom stereocenters. The summed E-state index contributed by atoms with van der Waals surface area (Å²) in [5.41, 5.74) is 5.99. The quantitative estimate of drug-likeness (QED) is 0.629. The Bertz CT molecular complexity index is 91.4. The van der Waals surface area contributed by atoms with E-state index in [-0.39, 0.29) is 0 Å². The molecule has 0 aromatic rings. The standard InChI is InChI=1S/C8H17NO/c1-2-8(6-9)4-3-5-10-7-8/h2-7,9H2,1H3. The fourth-order valence-electron chi connectivity index (χ4n) is 1.49. The van der Waals surface area contributed by atoms with Crippen LogP contribution in [-0.4, -0.2) is 19.8 Å². The van der Waals surface area contributed by atoms with E-state index in [1.807, 2.05) is 0 Å². The van der Waals surface area contributed by atoms with Crippen LogP contribution in [0.1, 0.15) is 26.2 Å². The first kappa shape index (κ1) is 8.02. The molecule has 1 fully saturated rings. The Labute approximate surface area is 62.7 Å². The molecule has 10 heavy (non-hydrogen) atoms. The molecule has 2 nitrogen and oxygen atoms in total. The Kier molecular flexibility index (Phi) is 2.69. The molecule has 0 aliphatic carbocycles. The van der Waals surface area contributed by atoms with E-state index in [4.69, 9.17) is 10.5 Å². The molecule has 1 saturated heterocycles. The highest BCUT2D eigenvalue weighted by Crippen LogP contribution is 2.30. The van der Waals surface area contributed by atoms with Crippen LogP contribution in [0.15, 0.2) is 0 Å². The van der Waals surface area contributed by atoms with Crippen LogP contribution in [0.3, 0.4) is 0 Å². The highest BCUT2D eigenvalue weighted by atomic mass is 16.5. The molecule has 2 N–H and O–H groups in total. The van der Waals surface area contributed by atoms with Crippen molar-refractivity contribution in [3.63, 3.8) is 0 Å². The SMILES string of the molecule is CCC1(CN)CCCOC1. The molecular formula is C8H17NO. The Morgan fingerprint density at radius 1 is 1.60 bits per heavy atom. The first-order chi connectivity index (χ1) is 4.83. The molecule has 1 atom stereocenters. The van der Waals surface area contributed by atoms with Crippen molar-refractivity contribution in [1.82, 2.24) is 0 Å². The molecule has 0 aromatic heterocycles. The van der Waals surface area contributed by atoms with Gasteiger partial charge in [-0.15, -0.1) is 0 Å². The maximum Gasteiger partial charge on any atom is 0.0534 e. The van der Waals surface area contributed by atoms with Crippen LogP contribution >= 0.6 is 0 Å². The van der Waals surface area contributed by atoms with Gasteiger partial charge in [-0.05, 0) is 19.3 Å². The van der Waals surface area contributed by atoms with Crippen LogP contribution in [0.25, 0.3) is 0 Å². The van der Waals surface area contributed by atoms with Crippen LogP contribution < -0.4 is 5.73 Å².